The van der Waals surface area contributed by atoms with Crippen LogP contribution in [-0.2, 0) is 19.5 Å². The summed E-state index contributed by atoms with van der Waals surface area (Å²) in [6.45, 7) is 4.43. The van der Waals surface area contributed by atoms with Crippen molar-refractivity contribution in [3.05, 3.63) is 63.5 Å². The molecule has 0 unspecified atom stereocenters. The van der Waals surface area contributed by atoms with Gasteiger partial charge in [0.05, 0.1) is 17.6 Å². The van der Waals surface area contributed by atoms with Gasteiger partial charge in [0.2, 0.25) is 0 Å². The Morgan fingerprint density at radius 2 is 2.27 bits per heavy atom. The van der Waals surface area contributed by atoms with E-state index in [0.717, 1.165) is 30.8 Å². The van der Waals surface area contributed by atoms with Crippen LogP contribution in [0, 0.1) is 6.92 Å². The first kappa shape index (κ1) is 13.2. The lowest BCUT2D eigenvalue weighted by atomic mass is 10.1. The zero-order valence-electron chi connectivity index (χ0n) is 12.4. The number of fused-ring (bicyclic) bond motifs is 2. The Balaban J connectivity index is 1.63. The molecule has 0 aromatic carbocycles. The topological polar surface area (TPSA) is 66.3 Å². The van der Waals surface area contributed by atoms with Gasteiger partial charge in [-0.3, -0.25) is 19.2 Å². The molecular formula is C16H17N5O. The first-order valence-electron chi connectivity index (χ1n) is 7.41. The zero-order valence-corrected chi connectivity index (χ0v) is 12.4. The standard InChI is InChI=1S/C16H17N5O/c1-11-2-3-15-18-13(6-16(22)21(15)8-11)9-20-5-4-12-7-17-19-14(12)10-20/h2-3,6-8H,4-5,9-10H2,1H3,(H,17,19). The highest BCUT2D eigenvalue weighted by Gasteiger charge is 2.18. The molecular weight excluding hydrogens is 278 g/mol. The van der Waals surface area contributed by atoms with Crippen molar-refractivity contribution < 1.29 is 0 Å². The summed E-state index contributed by atoms with van der Waals surface area (Å²) in [6.07, 6.45) is 4.71. The third kappa shape index (κ3) is 2.31. The van der Waals surface area contributed by atoms with Crippen LogP contribution in [0.3, 0.4) is 0 Å². The summed E-state index contributed by atoms with van der Waals surface area (Å²) < 4.78 is 1.60. The predicted octanol–water partition coefficient (Wildman–Crippen LogP) is 1.28. The first-order valence-corrected chi connectivity index (χ1v) is 7.41. The fourth-order valence-electron chi connectivity index (χ4n) is 2.97. The van der Waals surface area contributed by atoms with E-state index in [-0.39, 0.29) is 5.56 Å². The molecule has 0 spiro atoms. The lowest BCUT2D eigenvalue weighted by molar-refractivity contribution is 0.239. The van der Waals surface area contributed by atoms with Crippen LogP contribution in [-0.4, -0.2) is 31.0 Å². The largest absolute Gasteiger partial charge is 0.291 e. The number of aryl methyl sites for hydroxylation is 1. The highest BCUT2D eigenvalue weighted by atomic mass is 16.1. The lowest BCUT2D eigenvalue weighted by Gasteiger charge is -2.25. The number of pyridine rings is 1. The van der Waals surface area contributed by atoms with Crippen LogP contribution in [0.4, 0.5) is 0 Å². The molecule has 0 amide bonds. The van der Waals surface area contributed by atoms with Crippen molar-refractivity contribution in [2.24, 2.45) is 0 Å². The van der Waals surface area contributed by atoms with Crippen molar-refractivity contribution in [1.82, 2.24) is 24.5 Å². The molecule has 1 aliphatic heterocycles. The molecule has 4 heterocycles. The summed E-state index contributed by atoms with van der Waals surface area (Å²) in [6, 6.07) is 5.50. The summed E-state index contributed by atoms with van der Waals surface area (Å²) in [5.74, 6) is 0. The van der Waals surface area contributed by atoms with Crippen LogP contribution in [0.2, 0.25) is 0 Å². The number of nitrogens with zero attached hydrogens (tertiary/aromatic N) is 4. The van der Waals surface area contributed by atoms with E-state index in [1.165, 1.54) is 11.3 Å². The molecule has 22 heavy (non-hydrogen) atoms. The van der Waals surface area contributed by atoms with Gasteiger partial charge >= 0.3 is 0 Å². The molecule has 0 fully saturated rings. The van der Waals surface area contributed by atoms with E-state index in [4.69, 9.17) is 0 Å². The van der Waals surface area contributed by atoms with E-state index >= 15 is 0 Å². The minimum absolute atomic E-state index is 0.0251. The Morgan fingerprint density at radius 3 is 3.18 bits per heavy atom. The van der Waals surface area contributed by atoms with Crippen LogP contribution < -0.4 is 5.56 Å². The van der Waals surface area contributed by atoms with Gasteiger partial charge in [0.15, 0.2) is 0 Å². The highest BCUT2D eigenvalue weighted by molar-refractivity contribution is 5.40. The number of hydrogen-bond donors (Lipinski definition) is 1. The van der Waals surface area contributed by atoms with Crippen molar-refractivity contribution in [2.75, 3.05) is 6.54 Å². The third-order valence-electron chi connectivity index (χ3n) is 4.13. The van der Waals surface area contributed by atoms with Gasteiger partial charge in [0.1, 0.15) is 5.65 Å². The average molecular weight is 295 g/mol. The molecule has 0 bridgehead atoms. The number of aromatic nitrogens is 4. The molecule has 0 atom stereocenters. The highest BCUT2D eigenvalue weighted by Crippen LogP contribution is 2.17. The quantitative estimate of drug-likeness (QED) is 0.773. The lowest BCUT2D eigenvalue weighted by Crippen LogP contribution is -2.31. The van der Waals surface area contributed by atoms with Gasteiger partial charge in [-0.2, -0.15) is 5.10 Å². The maximum atomic E-state index is 12.2. The molecule has 3 aromatic rings. The van der Waals surface area contributed by atoms with E-state index in [9.17, 15) is 4.79 Å². The summed E-state index contributed by atoms with van der Waals surface area (Å²) in [4.78, 5) is 19.1. The van der Waals surface area contributed by atoms with Crippen LogP contribution in [0.25, 0.3) is 5.65 Å². The summed E-state index contributed by atoms with van der Waals surface area (Å²) in [5.41, 5.74) is 5.00. The van der Waals surface area contributed by atoms with Crippen molar-refractivity contribution in [1.29, 1.82) is 0 Å². The third-order valence-corrected chi connectivity index (χ3v) is 4.13. The maximum absolute atomic E-state index is 12.2. The second kappa shape index (κ2) is 5.06. The Bertz CT molecular complexity index is 895. The normalized spacial score (nSPS) is 15.1. The van der Waals surface area contributed by atoms with Crippen LogP contribution >= 0.6 is 0 Å². The van der Waals surface area contributed by atoms with Gasteiger partial charge in [-0.05, 0) is 30.5 Å². The molecule has 112 valence electrons. The average Bonchev–Trinajstić information content (AvgIpc) is 2.96. The van der Waals surface area contributed by atoms with Crippen molar-refractivity contribution in [3.63, 3.8) is 0 Å². The Labute approximate surface area is 127 Å². The zero-order chi connectivity index (χ0) is 15.1. The molecule has 0 radical (unpaired) electrons. The number of H-pyrrole nitrogens is 1. The predicted molar refractivity (Wildman–Crippen MR) is 82.6 cm³/mol. The molecule has 1 N–H and O–H groups in total. The van der Waals surface area contributed by atoms with Gasteiger partial charge < -0.3 is 0 Å². The minimum Gasteiger partial charge on any atom is -0.291 e. The van der Waals surface area contributed by atoms with Crippen molar-refractivity contribution in [3.8, 4) is 0 Å². The smallest absolute Gasteiger partial charge is 0.258 e. The summed E-state index contributed by atoms with van der Waals surface area (Å²) in [5, 5.41) is 7.13. The van der Waals surface area contributed by atoms with E-state index in [0.29, 0.717) is 12.2 Å². The minimum atomic E-state index is -0.0251. The maximum Gasteiger partial charge on any atom is 0.258 e. The van der Waals surface area contributed by atoms with E-state index in [2.05, 4.69) is 20.1 Å². The monoisotopic (exact) mass is 295 g/mol. The van der Waals surface area contributed by atoms with Gasteiger partial charge in [-0.15, -0.1) is 0 Å². The molecule has 4 rings (SSSR count). The van der Waals surface area contributed by atoms with Gasteiger partial charge in [-0.25, -0.2) is 4.98 Å². The Hall–Kier alpha value is -2.47. The fourth-order valence-corrected chi connectivity index (χ4v) is 2.97. The van der Waals surface area contributed by atoms with Gasteiger partial charge in [-0.1, -0.05) is 6.07 Å². The summed E-state index contributed by atoms with van der Waals surface area (Å²) >= 11 is 0. The van der Waals surface area contributed by atoms with Crippen molar-refractivity contribution >= 4 is 5.65 Å². The van der Waals surface area contributed by atoms with Crippen LogP contribution in [0.5, 0.6) is 0 Å². The van der Waals surface area contributed by atoms with Crippen molar-refractivity contribution in [2.45, 2.75) is 26.4 Å². The fraction of sp³-hybridized carbons (Fsp3) is 0.312. The SMILES string of the molecule is Cc1ccc2nc(CN3CCc4cn[nH]c4C3)cc(=O)n2c1. The second-order valence-electron chi connectivity index (χ2n) is 5.85. The van der Waals surface area contributed by atoms with Crippen LogP contribution in [0.15, 0.2) is 35.4 Å². The number of aromatic amines is 1. The second-order valence-corrected chi connectivity index (χ2v) is 5.85. The van der Waals surface area contributed by atoms with E-state index in [1.54, 1.807) is 10.5 Å². The van der Waals surface area contributed by atoms with E-state index in [1.807, 2.05) is 31.5 Å². The Kier molecular flexibility index (Phi) is 3.04. The van der Waals surface area contributed by atoms with Gasteiger partial charge in [0.25, 0.3) is 5.56 Å². The Morgan fingerprint density at radius 1 is 1.36 bits per heavy atom. The van der Waals surface area contributed by atoms with Crippen LogP contribution in [0.1, 0.15) is 22.5 Å². The number of nitrogens with one attached hydrogen (secondary N) is 1. The molecule has 6 heteroatoms. The van der Waals surface area contributed by atoms with E-state index < -0.39 is 0 Å². The molecule has 3 aromatic heterocycles. The molecule has 0 saturated carbocycles. The number of hydrogen-bond acceptors (Lipinski definition) is 4. The number of rotatable bonds is 2. The molecule has 0 aliphatic carbocycles. The molecule has 6 nitrogen and oxygen atoms in total. The van der Waals surface area contributed by atoms with Gasteiger partial charge in [0, 0.05) is 31.9 Å². The summed E-state index contributed by atoms with van der Waals surface area (Å²) in [7, 11) is 0. The molecule has 0 saturated heterocycles. The first-order chi connectivity index (χ1) is 10.7. The molecule has 1 aliphatic rings.